The molecule has 0 N–H and O–H groups in total. The Kier molecular flexibility index (Phi) is 3.61. The van der Waals surface area contributed by atoms with E-state index in [0.717, 1.165) is 32.6 Å². The van der Waals surface area contributed by atoms with Crippen molar-refractivity contribution >= 4 is 0 Å². The van der Waals surface area contributed by atoms with Crippen molar-refractivity contribution in [2.45, 2.75) is 44.7 Å². The van der Waals surface area contributed by atoms with E-state index in [-0.39, 0.29) is 5.92 Å². The molecule has 3 atom stereocenters. The molecular weight excluding hydrogens is 188 g/mol. The summed E-state index contributed by atoms with van der Waals surface area (Å²) >= 11 is 0. The molecule has 1 heterocycles. The monoisotopic (exact) mass is 208 g/mol. The number of nitrogens with zero attached hydrogens (tertiary/aromatic N) is 2. The number of nitriles is 1. The molecule has 3 heteroatoms. The van der Waals surface area contributed by atoms with E-state index in [9.17, 15) is 0 Å². The Labute approximate surface area is 92.0 Å². The second-order valence-electron chi connectivity index (χ2n) is 4.61. The first-order valence-corrected chi connectivity index (χ1v) is 6.10. The Morgan fingerprint density at radius 2 is 2.33 bits per heavy atom. The largest absolute Gasteiger partial charge is 0.378 e. The molecule has 1 saturated carbocycles. The minimum atomic E-state index is 0.261. The van der Waals surface area contributed by atoms with Crippen LogP contribution in [0.4, 0.5) is 0 Å². The van der Waals surface area contributed by atoms with Gasteiger partial charge in [-0.3, -0.25) is 4.90 Å². The lowest BCUT2D eigenvalue weighted by Crippen LogP contribution is -2.51. The third-order valence-corrected chi connectivity index (χ3v) is 3.82. The predicted octanol–water partition coefficient (Wildman–Crippen LogP) is 1.79. The van der Waals surface area contributed by atoms with Crippen molar-refractivity contribution in [1.29, 1.82) is 5.26 Å². The average Bonchev–Trinajstić information content (AvgIpc) is 2.76. The number of morpholine rings is 1. The molecule has 0 aromatic carbocycles. The van der Waals surface area contributed by atoms with Crippen molar-refractivity contribution in [2.75, 3.05) is 19.8 Å². The van der Waals surface area contributed by atoms with Crippen LogP contribution in [-0.4, -0.2) is 36.7 Å². The van der Waals surface area contributed by atoms with Gasteiger partial charge in [0.05, 0.1) is 25.2 Å². The zero-order valence-electron chi connectivity index (χ0n) is 9.48. The van der Waals surface area contributed by atoms with Crippen LogP contribution in [0.15, 0.2) is 0 Å². The number of ether oxygens (including phenoxy) is 1. The summed E-state index contributed by atoms with van der Waals surface area (Å²) in [5, 5.41) is 9.12. The van der Waals surface area contributed by atoms with Gasteiger partial charge < -0.3 is 4.74 Å². The molecule has 1 aliphatic heterocycles. The van der Waals surface area contributed by atoms with Crippen LogP contribution in [0, 0.1) is 17.2 Å². The summed E-state index contributed by atoms with van der Waals surface area (Å²) in [6.45, 7) is 4.92. The van der Waals surface area contributed by atoms with Crippen LogP contribution in [0.5, 0.6) is 0 Å². The SMILES string of the molecule is CCC1COCCN1C1CCCC1C#N. The zero-order chi connectivity index (χ0) is 10.7. The highest BCUT2D eigenvalue weighted by Crippen LogP contribution is 2.32. The highest BCUT2D eigenvalue weighted by Gasteiger charge is 2.36. The lowest BCUT2D eigenvalue weighted by Gasteiger charge is -2.40. The van der Waals surface area contributed by atoms with Crippen molar-refractivity contribution < 1.29 is 4.74 Å². The van der Waals surface area contributed by atoms with E-state index in [1.807, 2.05) is 0 Å². The van der Waals surface area contributed by atoms with E-state index < -0.39 is 0 Å². The lowest BCUT2D eigenvalue weighted by molar-refractivity contribution is -0.0336. The van der Waals surface area contributed by atoms with E-state index >= 15 is 0 Å². The molecule has 3 unspecified atom stereocenters. The molecule has 84 valence electrons. The van der Waals surface area contributed by atoms with Crippen molar-refractivity contribution in [3.8, 4) is 6.07 Å². The third kappa shape index (κ3) is 2.16. The number of hydrogen-bond acceptors (Lipinski definition) is 3. The summed E-state index contributed by atoms with van der Waals surface area (Å²) in [5.41, 5.74) is 0. The maximum Gasteiger partial charge on any atom is 0.0672 e. The topological polar surface area (TPSA) is 36.3 Å². The van der Waals surface area contributed by atoms with Crippen LogP contribution in [-0.2, 0) is 4.74 Å². The summed E-state index contributed by atoms with van der Waals surface area (Å²) in [6.07, 6.45) is 4.65. The molecule has 0 amide bonds. The highest BCUT2D eigenvalue weighted by atomic mass is 16.5. The normalized spacial score (nSPS) is 37.7. The first kappa shape index (κ1) is 10.9. The first-order valence-electron chi connectivity index (χ1n) is 6.10. The second kappa shape index (κ2) is 4.96. The van der Waals surface area contributed by atoms with E-state index in [4.69, 9.17) is 10.00 Å². The molecule has 0 spiro atoms. The van der Waals surface area contributed by atoms with Crippen LogP contribution < -0.4 is 0 Å². The van der Waals surface area contributed by atoms with Gasteiger partial charge in [0.2, 0.25) is 0 Å². The molecule has 2 rings (SSSR count). The molecular formula is C12H20N2O. The molecule has 15 heavy (non-hydrogen) atoms. The summed E-state index contributed by atoms with van der Waals surface area (Å²) < 4.78 is 5.51. The van der Waals surface area contributed by atoms with Gasteiger partial charge in [-0.25, -0.2) is 0 Å². The maximum atomic E-state index is 9.12. The van der Waals surface area contributed by atoms with E-state index in [1.165, 1.54) is 12.8 Å². The summed E-state index contributed by atoms with van der Waals surface area (Å²) in [5.74, 6) is 0.261. The van der Waals surface area contributed by atoms with Crippen LogP contribution in [0.25, 0.3) is 0 Å². The molecule has 1 saturated heterocycles. The molecule has 1 aliphatic carbocycles. The zero-order valence-corrected chi connectivity index (χ0v) is 9.48. The average molecular weight is 208 g/mol. The van der Waals surface area contributed by atoms with Gasteiger partial charge in [0.1, 0.15) is 0 Å². The fourth-order valence-electron chi connectivity index (χ4n) is 2.94. The van der Waals surface area contributed by atoms with E-state index in [0.29, 0.717) is 12.1 Å². The summed E-state index contributed by atoms with van der Waals surface area (Å²) in [4.78, 5) is 2.53. The van der Waals surface area contributed by atoms with Crippen LogP contribution >= 0.6 is 0 Å². The minimum Gasteiger partial charge on any atom is -0.378 e. The van der Waals surface area contributed by atoms with E-state index in [1.54, 1.807) is 0 Å². The molecule has 2 fully saturated rings. The molecule has 0 bridgehead atoms. The molecule has 3 nitrogen and oxygen atoms in total. The van der Waals surface area contributed by atoms with Crippen molar-refractivity contribution in [3.63, 3.8) is 0 Å². The standard InChI is InChI=1S/C12H20N2O/c1-2-11-9-15-7-6-14(11)12-5-3-4-10(12)8-13/h10-12H,2-7,9H2,1H3. The van der Waals surface area contributed by atoms with Gasteiger partial charge in [0.15, 0.2) is 0 Å². The second-order valence-corrected chi connectivity index (χ2v) is 4.61. The van der Waals surface area contributed by atoms with Gasteiger partial charge in [-0.1, -0.05) is 13.3 Å². The quantitative estimate of drug-likeness (QED) is 0.694. The van der Waals surface area contributed by atoms with Crippen LogP contribution in [0.3, 0.4) is 0 Å². The molecule has 0 aromatic rings. The van der Waals surface area contributed by atoms with Crippen molar-refractivity contribution in [3.05, 3.63) is 0 Å². The molecule has 0 radical (unpaired) electrons. The Balaban J connectivity index is 2.04. The minimum absolute atomic E-state index is 0.261. The van der Waals surface area contributed by atoms with Crippen LogP contribution in [0.2, 0.25) is 0 Å². The fraction of sp³-hybridized carbons (Fsp3) is 0.917. The molecule has 2 aliphatic rings. The lowest BCUT2D eigenvalue weighted by atomic mass is 10.0. The van der Waals surface area contributed by atoms with Crippen molar-refractivity contribution in [1.82, 2.24) is 4.90 Å². The first-order chi connectivity index (χ1) is 7.36. The van der Waals surface area contributed by atoms with Gasteiger partial charge in [0, 0.05) is 18.6 Å². The smallest absolute Gasteiger partial charge is 0.0672 e. The Morgan fingerprint density at radius 1 is 1.47 bits per heavy atom. The van der Waals surface area contributed by atoms with Gasteiger partial charge in [-0.15, -0.1) is 0 Å². The summed E-state index contributed by atoms with van der Waals surface area (Å²) in [7, 11) is 0. The highest BCUT2D eigenvalue weighted by molar-refractivity contribution is 4.99. The number of rotatable bonds is 2. The third-order valence-electron chi connectivity index (χ3n) is 3.82. The van der Waals surface area contributed by atoms with Crippen molar-refractivity contribution in [2.24, 2.45) is 5.92 Å². The van der Waals surface area contributed by atoms with Gasteiger partial charge in [0.25, 0.3) is 0 Å². The Bertz CT molecular complexity index is 248. The molecule has 0 aromatic heterocycles. The van der Waals surface area contributed by atoms with E-state index in [2.05, 4.69) is 17.9 Å². The summed E-state index contributed by atoms with van der Waals surface area (Å²) in [6, 6.07) is 3.52. The maximum absolute atomic E-state index is 9.12. The van der Waals surface area contributed by atoms with Gasteiger partial charge in [-0.05, 0) is 19.3 Å². The Morgan fingerprint density at radius 3 is 3.07 bits per heavy atom. The number of hydrogen-bond donors (Lipinski definition) is 0. The fourth-order valence-corrected chi connectivity index (χ4v) is 2.94. The van der Waals surface area contributed by atoms with Crippen LogP contribution in [0.1, 0.15) is 32.6 Å². The Hall–Kier alpha value is -0.590. The van der Waals surface area contributed by atoms with Gasteiger partial charge >= 0.3 is 0 Å². The predicted molar refractivity (Wildman–Crippen MR) is 58.3 cm³/mol. The van der Waals surface area contributed by atoms with Gasteiger partial charge in [-0.2, -0.15) is 5.26 Å².